The van der Waals surface area contributed by atoms with Crippen LogP contribution in [-0.2, 0) is 5.60 Å². The Morgan fingerprint density at radius 2 is 1.58 bits per heavy atom. The predicted molar refractivity (Wildman–Crippen MR) is 96.0 cm³/mol. The number of β-amino-alcohol motifs (C(OH)–C–C–N with tert-alkyl or cyclic N) is 1. The molecular weight excluding hydrogens is 318 g/mol. The molecule has 1 aliphatic heterocycles. The molecule has 0 spiro atoms. The number of carbonyl (C=O) groups is 1. The third kappa shape index (κ3) is 2.64. The van der Waals surface area contributed by atoms with Crippen LogP contribution in [0.4, 0.5) is 0 Å². The van der Waals surface area contributed by atoms with Crippen molar-refractivity contribution in [3.8, 4) is 11.1 Å². The van der Waals surface area contributed by atoms with Crippen molar-refractivity contribution in [3.05, 3.63) is 82.6 Å². The summed E-state index contributed by atoms with van der Waals surface area (Å²) in [5.41, 5.74) is 2.00. The van der Waals surface area contributed by atoms with Crippen molar-refractivity contribution >= 4 is 17.2 Å². The van der Waals surface area contributed by atoms with Crippen LogP contribution >= 0.6 is 11.3 Å². The molecule has 4 heteroatoms. The van der Waals surface area contributed by atoms with E-state index in [9.17, 15) is 9.90 Å². The van der Waals surface area contributed by atoms with Gasteiger partial charge in [-0.2, -0.15) is 0 Å². The minimum absolute atomic E-state index is 0.0316. The van der Waals surface area contributed by atoms with Crippen molar-refractivity contribution in [2.75, 3.05) is 13.1 Å². The van der Waals surface area contributed by atoms with Crippen LogP contribution in [0.15, 0.2) is 72.1 Å². The highest BCUT2D eigenvalue weighted by Crippen LogP contribution is 2.35. The summed E-state index contributed by atoms with van der Waals surface area (Å²) >= 11 is 1.53. The molecule has 4 rings (SSSR count). The van der Waals surface area contributed by atoms with E-state index in [2.05, 4.69) is 0 Å². The van der Waals surface area contributed by atoms with E-state index in [1.807, 2.05) is 72.1 Å². The summed E-state index contributed by atoms with van der Waals surface area (Å²) < 4.78 is 0. The standard InChI is InChI=1S/C20H17NO2S/c22-19(21-13-20(23,14-21)18-7-4-12-24-18)17-10-8-16(9-11-17)15-5-2-1-3-6-15/h1-12,23H,13-14H2. The Balaban J connectivity index is 1.46. The van der Waals surface area contributed by atoms with Gasteiger partial charge >= 0.3 is 0 Å². The second-order valence-electron chi connectivity index (χ2n) is 6.11. The van der Waals surface area contributed by atoms with Crippen LogP contribution in [-0.4, -0.2) is 29.0 Å². The molecule has 0 radical (unpaired) electrons. The number of nitrogens with zero attached hydrogens (tertiary/aromatic N) is 1. The second-order valence-corrected chi connectivity index (χ2v) is 7.06. The second kappa shape index (κ2) is 5.89. The van der Waals surface area contributed by atoms with E-state index in [0.29, 0.717) is 18.7 Å². The summed E-state index contributed by atoms with van der Waals surface area (Å²) in [6.45, 7) is 0.708. The highest BCUT2D eigenvalue weighted by atomic mass is 32.1. The Morgan fingerprint density at radius 3 is 2.21 bits per heavy atom. The normalized spacial score (nSPS) is 15.8. The Labute approximate surface area is 144 Å². The van der Waals surface area contributed by atoms with Crippen molar-refractivity contribution < 1.29 is 9.90 Å². The Bertz CT molecular complexity index is 835. The van der Waals surface area contributed by atoms with E-state index in [4.69, 9.17) is 0 Å². The molecular formula is C20H17NO2S. The smallest absolute Gasteiger partial charge is 0.254 e. The van der Waals surface area contributed by atoms with Crippen LogP contribution in [0.2, 0.25) is 0 Å². The number of hydrogen-bond donors (Lipinski definition) is 1. The van der Waals surface area contributed by atoms with Gasteiger partial charge in [-0.3, -0.25) is 4.79 Å². The number of benzene rings is 2. The number of amides is 1. The molecule has 1 saturated heterocycles. The van der Waals surface area contributed by atoms with Gasteiger partial charge in [0, 0.05) is 10.4 Å². The fraction of sp³-hybridized carbons (Fsp3) is 0.150. The van der Waals surface area contributed by atoms with Crippen molar-refractivity contribution in [2.45, 2.75) is 5.60 Å². The summed E-state index contributed by atoms with van der Waals surface area (Å²) in [6, 6.07) is 21.6. The number of likely N-dealkylation sites (tertiary alicyclic amines) is 1. The molecule has 0 aliphatic carbocycles. The molecule has 0 saturated carbocycles. The Morgan fingerprint density at radius 1 is 0.917 bits per heavy atom. The van der Waals surface area contributed by atoms with Crippen molar-refractivity contribution in [2.24, 2.45) is 0 Å². The third-order valence-electron chi connectivity index (χ3n) is 4.41. The number of rotatable bonds is 3. The number of hydrogen-bond acceptors (Lipinski definition) is 3. The first-order chi connectivity index (χ1) is 11.7. The molecule has 3 nitrogen and oxygen atoms in total. The van der Waals surface area contributed by atoms with Gasteiger partial charge in [0.25, 0.3) is 5.91 Å². The minimum Gasteiger partial charge on any atom is -0.381 e. The summed E-state index contributed by atoms with van der Waals surface area (Å²) in [5, 5.41) is 12.5. The van der Waals surface area contributed by atoms with Crippen LogP contribution in [0, 0.1) is 0 Å². The number of thiophene rings is 1. The average molecular weight is 335 g/mol. The van der Waals surface area contributed by atoms with E-state index < -0.39 is 5.60 Å². The number of carbonyl (C=O) groups excluding carboxylic acids is 1. The lowest BCUT2D eigenvalue weighted by molar-refractivity contribution is -0.0838. The zero-order valence-electron chi connectivity index (χ0n) is 13.1. The van der Waals surface area contributed by atoms with Crippen LogP contribution in [0.3, 0.4) is 0 Å². The maximum atomic E-state index is 12.6. The van der Waals surface area contributed by atoms with Gasteiger partial charge in [0.2, 0.25) is 0 Å². The lowest BCUT2D eigenvalue weighted by Crippen LogP contribution is -2.60. The molecule has 0 atom stereocenters. The van der Waals surface area contributed by atoms with E-state index in [1.165, 1.54) is 11.3 Å². The molecule has 24 heavy (non-hydrogen) atoms. The lowest BCUT2D eigenvalue weighted by Gasteiger charge is -2.45. The van der Waals surface area contributed by atoms with Gasteiger partial charge in [0.05, 0.1) is 13.1 Å². The lowest BCUT2D eigenvalue weighted by atomic mass is 9.91. The maximum Gasteiger partial charge on any atom is 0.254 e. The SMILES string of the molecule is O=C(c1ccc(-c2ccccc2)cc1)N1CC(O)(c2cccs2)C1. The van der Waals surface area contributed by atoms with E-state index in [-0.39, 0.29) is 5.91 Å². The average Bonchev–Trinajstić information content (AvgIpc) is 3.14. The van der Waals surface area contributed by atoms with Gasteiger partial charge < -0.3 is 10.0 Å². The molecule has 1 N–H and O–H groups in total. The molecule has 0 bridgehead atoms. The molecule has 1 fully saturated rings. The fourth-order valence-electron chi connectivity index (χ4n) is 3.05. The topological polar surface area (TPSA) is 40.5 Å². The summed E-state index contributed by atoms with van der Waals surface area (Å²) in [7, 11) is 0. The van der Waals surface area contributed by atoms with E-state index in [0.717, 1.165) is 16.0 Å². The molecule has 0 unspecified atom stereocenters. The quantitative estimate of drug-likeness (QED) is 0.792. The third-order valence-corrected chi connectivity index (χ3v) is 5.47. The highest BCUT2D eigenvalue weighted by molar-refractivity contribution is 7.10. The summed E-state index contributed by atoms with van der Waals surface area (Å²) in [6.07, 6.45) is 0. The van der Waals surface area contributed by atoms with Gasteiger partial charge in [-0.25, -0.2) is 0 Å². The van der Waals surface area contributed by atoms with Crippen LogP contribution < -0.4 is 0 Å². The molecule has 120 valence electrons. The summed E-state index contributed by atoms with van der Waals surface area (Å²) in [5.74, 6) is -0.0316. The summed E-state index contributed by atoms with van der Waals surface area (Å²) in [4.78, 5) is 15.2. The molecule has 1 amide bonds. The first-order valence-electron chi connectivity index (χ1n) is 7.87. The first kappa shape index (κ1) is 15.1. The van der Waals surface area contributed by atoms with E-state index >= 15 is 0 Å². The maximum absolute atomic E-state index is 12.6. The Kier molecular flexibility index (Phi) is 3.71. The highest BCUT2D eigenvalue weighted by Gasteiger charge is 2.45. The minimum atomic E-state index is -0.881. The predicted octanol–water partition coefficient (Wildman–Crippen LogP) is 3.76. The largest absolute Gasteiger partial charge is 0.381 e. The molecule has 1 aliphatic rings. The molecule has 3 aromatic rings. The first-order valence-corrected chi connectivity index (χ1v) is 8.75. The van der Waals surface area contributed by atoms with Crippen molar-refractivity contribution in [1.29, 1.82) is 0 Å². The molecule has 1 aromatic heterocycles. The zero-order valence-corrected chi connectivity index (χ0v) is 13.9. The zero-order chi connectivity index (χ0) is 16.6. The van der Waals surface area contributed by atoms with Crippen LogP contribution in [0.25, 0.3) is 11.1 Å². The van der Waals surface area contributed by atoms with Gasteiger partial charge in [-0.05, 0) is 34.7 Å². The molecule has 2 heterocycles. The van der Waals surface area contributed by atoms with Gasteiger partial charge in [-0.1, -0.05) is 48.5 Å². The van der Waals surface area contributed by atoms with Crippen LogP contribution in [0.1, 0.15) is 15.2 Å². The van der Waals surface area contributed by atoms with Crippen molar-refractivity contribution in [1.82, 2.24) is 4.90 Å². The molecule has 2 aromatic carbocycles. The van der Waals surface area contributed by atoms with Gasteiger partial charge in [-0.15, -0.1) is 11.3 Å². The monoisotopic (exact) mass is 335 g/mol. The number of aliphatic hydroxyl groups is 1. The van der Waals surface area contributed by atoms with Crippen LogP contribution in [0.5, 0.6) is 0 Å². The van der Waals surface area contributed by atoms with E-state index in [1.54, 1.807) is 4.90 Å². The Hall–Kier alpha value is -2.43. The van der Waals surface area contributed by atoms with Gasteiger partial charge in [0.15, 0.2) is 0 Å². The van der Waals surface area contributed by atoms with Crippen molar-refractivity contribution in [3.63, 3.8) is 0 Å². The fourth-order valence-corrected chi connectivity index (χ4v) is 3.86. The van der Waals surface area contributed by atoms with Gasteiger partial charge in [0.1, 0.15) is 5.60 Å².